The third-order valence-electron chi connectivity index (χ3n) is 5.08. The van der Waals surface area contributed by atoms with Crippen molar-refractivity contribution in [3.63, 3.8) is 0 Å². The van der Waals surface area contributed by atoms with E-state index in [1.165, 1.54) is 25.7 Å². The van der Waals surface area contributed by atoms with Crippen LogP contribution in [0.3, 0.4) is 0 Å². The van der Waals surface area contributed by atoms with Crippen LogP contribution in [0.4, 0.5) is 11.4 Å². The van der Waals surface area contributed by atoms with Crippen molar-refractivity contribution in [2.75, 3.05) is 37.6 Å². The monoisotopic (exact) mass is 378 g/mol. The van der Waals surface area contributed by atoms with Gasteiger partial charge in [-0.05, 0) is 36.7 Å². The van der Waals surface area contributed by atoms with Crippen molar-refractivity contribution in [1.82, 2.24) is 10.2 Å². The second kappa shape index (κ2) is 10.3. The Bertz CT molecular complexity index is 586. The average Bonchev–Trinajstić information content (AvgIpc) is 2.68. The molecule has 0 spiro atoms. The summed E-state index contributed by atoms with van der Waals surface area (Å²) in [5.74, 6) is 0.689. The standard InChI is InChI=1S/C19H30N4O2S/c1-3-5-6-16(4-2)15-20-19(26)22-13-11-21(12-14-22)17-7-9-18(10-8-17)23(24)25/h7-10,16H,3-6,11-15H2,1-2H3,(H,20,26)/t16-/m0/s1. The SMILES string of the molecule is CCCC[C@H](CC)CNC(=S)N1CCN(c2ccc([N+](=O)[O-])cc2)CC1. The zero-order valence-corrected chi connectivity index (χ0v) is 16.6. The first-order valence-corrected chi connectivity index (χ1v) is 9.98. The third-order valence-corrected chi connectivity index (χ3v) is 5.48. The van der Waals surface area contributed by atoms with Gasteiger partial charge in [-0.2, -0.15) is 0 Å². The minimum atomic E-state index is -0.365. The van der Waals surface area contributed by atoms with Crippen molar-refractivity contribution < 1.29 is 4.92 Å². The summed E-state index contributed by atoms with van der Waals surface area (Å²) in [5.41, 5.74) is 1.16. The summed E-state index contributed by atoms with van der Waals surface area (Å²) in [7, 11) is 0. The number of non-ortho nitro benzene ring substituents is 1. The first kappa shape index (κ1) is 20.4. The van der Waals surface area contributed by atoms with Gasteiger partial charge in [-0.25, -0.2) is 0 Å². The Morgan fingerprint density at radius 1 is 1.23 bits per heavy atom. The van der Waals surface area contributed by atoms with E-state index in [2.05, 4.69) is 29.0 Å². The number of unbranched alkanes of at least 4 members (excludes halogenated alkanes) is 1. The zero-order chi connectivity index (χ0) is 18.9. The maximum atomic E-state index is 10.8. The molecular formula is C19H30N4O2S. The van der Waals surface area contributed by atoms with E-state index in [-0.39, 0.29) is 10.6 Å². The minimum absolute atomic E-state index is 0.131. The van der Waals surface area contributed by atoms with Crippen LogP contribution in [0.2, 0.25) is 0 Å². The average molecular weight is 379 g/mol. The van der Waals surface area contributed by atoms with Crippen molar-refractivity contribution in [3.05, 3.63) is 34.4 Å². The molecule has 0 aromatic heterocycles. The molecule has 0 amide bonds. The summed E-state index contributed by atoms with van der Waals surface area (Å²) >= 11 is 5.58. The van der Waals surface area contributed by atoms with E-state index >= 15 is 0 Å². The van der Waals surface area contributed by atoms with Crippen LogP contribution in [-0.4, -0.2) is 47.7 Å². The maximum absolute atomic E-state index is 10.8. The van der Waals surface area contributed by atoms with Crippen molar-refractivity contribution >= 4 is 28.7 Å². The van der Waals surface area contributed by atoms with Gasteiger partial charge in [-0.15, -0.1) is 0 Å². The van der Waals surface area contributed by atoms with Gasteiger partial charge < -0.3 is 15.1 Å². The van der Waals surface area contributed by atoms with E-state index in [1.807, 2.05) is 12.1 Å². The van der Waals surface area contributed by atoms with Crippen molar-refractivity contribution in [3.8, 4) is 0 Å². The van der Waals surface area contributed by atoms with Crippen LogP contribution < -0.4 is 10.2 Å². The second-order valence-corrected chi connectivity index (χ2v) is 7.24. The molecule has 1 N–H and O–H groups in total. The van der Waals surface area contributed by atoms with Gasteiger partial charge in [0, 0.05) is 50.5 Å². The molecule has 1 aromatic carbocycles. The van der Waals surface area contributed by atoms with Crippen LogP contribution in [0.5, 0.6) is 0 Å². The molecule has 1 saturated heterocycles. The fraction of sp³-hybridized carbons (Fsp3) is 0.632. The number of thiocarbonyl (C=S) groups is 1. The largest absolute Gasteiger partial charge is 0.368 e. The van der Waals surface area contributed by atoms with E-state index in [9.17, 15) is 10.1 Å². The molecule has 1 aliphatic heterocycles. The van der Waals surface area contributed by atoms with E-state index in [0.717, 1.165) is 43.5 Å². The van der Waals surface area contributed by atoms with Gasteiger partial charge in [0.05, 0.1) is 4.92 Å². The number of rotatable bonds is 8. The van der Waals surface area contributed by atoms with Gasteiger partial charge in [0.1, 0.15) is 0 Å². The molecule has 26 heavy (non-hydrogen) atoms. The Balaban J connectivity index is 1.78. The van der Waals surface area contributed by atoms with Gasteiger partial charge in [0.15, 0.2) is 5.11 Å². The number of piperazine rings is 1. The normalized spacial score (nSPS) is 15.6. The number of nitrogens with one attached hydrogen (secondary N) is 1. The Morgan fingerprint density at radius 3 is 2.42 bits per heavy atom. The molecule has 1 heterocycles. The van der Waals surface area contributed by atoms with Crippen LogP contribution >= 0.6 is 12.2 Å². The van der Waals surface area contributed by atoms with E-state index in [4.69, 9.17) is 12.2 Å². The molecule has 1 aliphatic rings. The number of nitro benzene ring substituents is 1. The van der Waals surface area contributed by atoms with Crippen LogP contribution in [0, 0.1) is 16.0 Å². The zero-order valence-electron chi connectivity index (χ0n) is 15.8. The lowest BCUT2D eigenvalue weighted by Gasteiger charge is -2.37. The summed E-state index contributed by atoms with van der Waals surface area (Å²) in [4.78, 5) is 14.9. The fourth-order valence-corrected chi connectivity index (χ4v) is 3.51. The molecule has 1 fully saturated rings. The summed E-state index contributed by atoms with van der Waals surface area (Å²) in [5, 5.41) is 15.1. The van der Waals surface area contributed by atoms with E-state index in [1.54, 1.807) is 12.1 Å². The van der Waals surface area contributed by atoms with Crippen LogP contribution in [-0.2, 0) is 0 Å². The number of nitrogens with zero attached hydrogens (tertiary/aromatic N) is 3. The van der Waals surface area contributed by atoms with Crippen molar-refractivity contribution in [2.24, 2.45) is 5.92 Å². The predicted molar refractivity (Wildman–Crippen MR) is 111 cm³/mol. The molecular weight excluding hydrogens is 348 g/mol. The third kappa shape index (κ3) is 5.83. The number of benzene rings is 1. The van der Waals surface area contributed by atoms with E-state index in [0.29, 0.717) is 5.92 Å². The number of hydrogen-bond donors (Lipinski definition) is 1. The fourth-order valence-electron chi connectivity index (χ4n) is 3.24. The second-order valence-electron chi connectivity index (χ2n) is 6.85. The smallest absolute Gasteiger partial charge is 0.269 e. The lowest BCUT2D eigenvalue weighted by Crippen LogP contribution is -2.52. The highest BCUT2D eigenvalue weighted by Gasteiger charge is 2.20. The molecule has 0 saturated carbocycles. The first-order chi connectivity index (χ1) is 12.5. The lowest BCUT2D eigenvalue weighted by molar-refractivity contribution is -0.384. The molecule has 1 aromatic rings. The van der Waals surface area contributed by atoms with Crippen molar-refractivity contribution in [1.29, 1.82) is 0 Å². The van der Waals surface area contributed by atoms with Crippen LogP contribution in [0.15, 0.2) is 24.3 Å². The molecule has 0 bridgehead atoms. The Morgan fingerprint density at radius 2 is 1.88 bits per heavy atom. The van der Waals surface area contributed by atoms with Crippen LogP contribution in [0.1, 0.15) is 39.5 Å². The predicted octanol–water partition coefficient (Wildman–Crippen LogP) is 3.81. The molecule has 7 heteroatoms. The minimum Gasteiger partial charge on any atom is -0.368 e. The molecule has 0 unspecified atom stereocenters. The maximum Gasteiger partial charge on any atom is 0.269 e. The molecule has 6 nitrogen and oxygen atoms in total. The Labute approximate surface area is 161 Å². The van der Waals surface area contributed by atoms with Gasteiger partial charge in [0.2, 0.25) is 0 Å². The molecule has 0 radical (unpaired) electrons. The molecule has 2 rings (SSSR count). The Hall–Kier alpha value is -1.89. The highest BCUT2D eigenvalue weighted by Crippen LogP contribution is 2.20. The highest BCUT2D eigenvalue weighted by molar-refractivity contribution is 7.80. The van der Waals surface area contributed by atoms with Crippen molar-refractivity contribution in [2.45, 2.75) is 39.5 Å². The first-order valence-electron chi connectivity index (χ1n) is 9.57. The summed E-state index contributed by atoms with van der Waals surface area (Å²) in [6.07, 6.45) is 4.96. The van der Waals surface area contributed by atoms with Gasteiger partial charge >= 0.3 is 0 Å². The quantitative estimate of drug-likeness (QED) is 0.422. The Kier molecular flexibility index (Phi) is 8.09. The number of nitro groups is 1. The molecule has 144 valence electrons. The summed E-state index contributed by atoms with van der Waals surface area (Å²) in [6, 6.07) is 6.78. The van der Waals surface area contributed by atoms with Crippen LogP contribution in [0.25, 0.3) is 0 Å². The van der Waals surface area contributed by atoms with E-state index < -0.39 is 0 Å². The van der Waals surface area contributed by atoms with Gasteiger partial charge in [0.25, 0.3) is 5.69 Å². The topological polar surface area (TPSA) is 61.6 Å². The van der Waals surface area contributed by atoms with Gasteiger partial charge in [-0.3, -0.25) is 10.1 Å². The highest BCUT2D eigenvalue weighted by atomic mass is 32.1. The summed E-state index contributed by atoms with van der Waals surface area (Å²) < 4.78 is 0. The molecule has 0 aliphatic carbocycles. The summed E-state index contributed by atoms with van der Waals surface area (Å²) in [6.45, 7) is 8.91. The molecule has 1 atom stereocenters. The lowest BCUT2D eigenvalue weighted by atomic mass is 9.99. The number of hydrogen-bond acceptors (Lipinski definition) is 4. The van der Waals surface area contributed by atoms with Gasteiger partial charge in [-0.1, -0.05) is 33.1 Å². The number of anilines is 1.